The molecule has 4 heterocycles. The number of benzene rings is 1. The molecule has 3 aromatic rings. The van der Waals surface area contributed by atoms with Crippen LogP contribution < -0.4 is 10.6 Å². The number of hydrogen-bond acceptors (Lipinski definition) is 8. The highest BCUT2D eigenvalue weighted by Crippen LogP contribution is 2.27. The maximum absolute atomic E-state index is 13.3. The molecule has 1 fully saturated rings. The second kappa shape index (κ2) is 9.25. The average Bonchev–Trinajstić information content (AvgIpc) is 2.85. The number of nitrogens with zero attached hydrogens (tertiary/aromatic N) is 5. The van der Waals surface area contributed by atoms with Crippen molar-refractivity contribution in [2.75, 3.05) is 50.5 Å². The number of morpholine rings is 1. The fourth-order valence-corrected chi connectivity index (χ4v) is 4.52. The van der Waals surface area contributed by atoms with Crippen LogP contribution in [0.3, 0.4) is 0 Å². The van der Waals surface area contributed by atoms with E-state index in [1.54, 1.807) is 18.6 Å². The molecule has 0 spiro atoms. The second-order valence-corrected chi connectivity index (χ2v) is 8.66. The maximum atomic E-state index is 13.3. The summed E-state index contributed by atoms with van der Waals surface area (Å²) in [6, 6.07) is 8.30. The lowest BCUT2D eigenvalue weighted by Crippen LogP contribution is -2.37. The maximum Gasteiger partial charge on any atom is 0.189 e. The summed E-state index contributed by atoms with van der Waals surface area (Å²) in [6.07, 6.45) is 6.31. The van der Waals surface area contributed by atoms with Gasteiger partial charge in [0, 0.05) is 61.8 Å². The number of nitrogen functional groups attached to an aromatic ring is 1. The molecular weight excluding hydrogens is 416 g/mol. The van der Waals surface area contributed by atoms with E-state index in [0.29, 0.717) is 18.9 Å². The third kappa shape index (κ3) is 4.58. The van der Waals surface area contributed by atoms with Crippen molar-refractivity contribution in [3.63, 3.8) is 0 Å². The molecule has 2 aliphatic heterocycles. The molecule has 5 rings (SSSR count). The van der Waals surface area contributed by atoms with Crippen molar-refractivity contribution in [2.24, 2.45) is 0 Å². The molecule has 8 heteroatoms. The van der Waals surface area contributed by atoms with Crippen LogP contribution in [0.4, 0.5) is 11.5 Å². The zero-order valence-corrected chi connectivity index (χ0v) is 18.8. The van der Waals surface area contributed by atoms with Crippen molar-refractivity contribution in [1.82, 2.24) is 19.9 Å². The Kier molecular flexibility index (Phi) is 6.02. The molecular formula is C25H28N6O2. The predicted molar refractivity (Wildman–Crippen MR) is 127 cm³/mol. The number of Topliss-reactive ketones (excluding diaryl/α,β-unsaturated/α-hetero) is 1. The molecule has 1 saturated heterocycles. The molecule has 170 valence electrons. The van der Waals surface area contributed by atoms with Gasteiger partial charge in [-0.3, -0.25) is 9.78 Å². The fourth-order valence-electron chi connectivity index (χ4n) is 4.52. The topological polar surface area (TPSA) is 97.5 Å². The summed E-state index contributed by atoms with van der Waals surface area (Å²) in [4.78, 5) is 31.0. The molecule has 0 aliphatic carbocycles. The number of aromatic nitrogens is 3. The largest absolute Gasteiger partial charge is 0.382 e. The van der Waals surface area contributed by atoms with Crippen LogP contribution in [0.5, 0.6) is 0 Å². The molecule has 2 aromatic heterocycles. The van der Waals surface area contributed by atoms with Gasteiger partial charge >= 0.3 is 0 Å². The van der Waals surface area contributed by atoms with Gasteiger partial charge in [0.2, 0.25) is 0 Å². The Labute approximate surface area is 193 Å². The Balaban J connectivity index is 1.41. The first-order valence-electron chi connectivity index (χ1n) is 11.3. The Morgan fingerprint density at radius 1 is 1.12 bits per heavy atom. The molecule has 2 aliphatic rings. The molecule has 0 amide bonds. The fraction of sp³-hybridized carbons (Fsp3) is 0.360. The second-order valence-electron chi connectivity index (χ2n) is 8.66. The van der Waals surface area contributed by atoms with E-state index in [1.807, 2.05) is 12.1 Å². The minimum absolute atomic E-state index is 0.153. The number of ketones is 1. The Morgan fingerprint density at radius 3 is 2.82 bits per heavy atom. The highest BCUT2D eigenvalue weighted by molar-refractivity contribution is 6.00. The van der Waals surface area contributed by atoms with Gasteiger partial charge in [-0.2, -0.15) is 0 Å². The van der Waals surface area contributed by atoms with E-state index >= 15 is 0 Å². The minimum atomic E-state index is -0.163. The summed E-state index contributed by atoms with van der Waals surface area (Å²) in [5, 5.41) is 0. The van der Waals surface area contributed by atoms with E-state index in [-0.39, 0.29) is 23.7 Å². The Morgan fingerprint density at radius 2 is 1.97 bits per heavy atom. The summed E-state index contributed by atoms with van der Waals surface area (Å²) in [5.74, 6) is -0.0101. The molecule has 0 radical (unpaired) electrons. The van der Waals surface area contributed by atoms with Crippen molar-refractivity contribution in [3.8, 4) is 11.3 Å². The van der Waals surface area contributed by atoms with E-state index < -0.39 is 0 Å². The van der Waals surface area contributed by atoms with Crippen molar-refractivity contribution >= 4 is 17.3 Å². The van der Waals surface area contributed by atoms with E-state index in [1.165, 1.54) is 11.1 Å². The number of likely N-dealkylation sites (N-methyl/N-ethyl adjacent to an activating group) is 1. The molecule has 2 N–H and O–H groups in total. The Bertz CT molecular complexity index is 1180. The number of ether oxygens (including phenoxy) is 1. The number of pyridine rings is 1. The van der Waals surface area contributed by atoms with E-state index in [4.69, 9.17) is 10.5 Å². The van der Waals surface area contributed by atoms with Gasteiger partial charge in [-0.1, -0.05) is 12.1 Å². The monoisotopic (exact) mass is 444 g/mol. The highest BCUT2D eigenvalue weighted by Gasteiger charge is 2.21. The van der Waals surface area contributed by atoms with Gasteiger partial charge in [-0.25, -0.2) is 9.97 Å². The van der Waals surface area contributed by atoms with Gasteiger partial charge < -0.3 is 20.3 Å². The van der Waals surface area contributed by atoms with Crippen LogP contribution in [0.1, 0.15) is 27.2 Å². The van der Waals surface area contributed by atoms with Gasteiger partial charge in [0.25, 0.3) is 0 Å². The molecule has 33 heavy (non-hydrogen) atoms. The van der Waals surface area contributed by atoms with Crippen LogP contribution >= 0.6 is 0 Å². The number of carbonyl (C=O) groups excluding carboxylic acids is 1. The molecule has 8 nitrogen and oxygen atoms in total. The lowest BCUT2D eigenvalue weighted by Gasteiger charge is -2.30. The third-order valence-electron chi connectivity index (χ3n) is 6.35. The summed E-state index contributed by atoms with van der Waals surface area (Å²) < 4.78 is 5.46. The lowest BCUT2D eigenvalue weighted by atomic mass is 9.96. The van der Waals surface area contributed by atoms with E-state index in [0.717, 1.165) is 49.4 Å². The highest BCUT2D eigenvalue weighted by atomic mass is 16.5. The van der Waals surface area contributed by atoms with Crippen LogP contribution in [-0.2, 0) is 24.1 Å². The zero-order valence-electron chi connectivity index (χ0n) is 18.8. The van der Waals surface area contributed by atoms with Crippen molar-refractivity contribution in [3.05, 3.63) is 65.2 Å². The molecule has 0 atom stereocenters. The molecule has 0 unspecified atom stereocenters. The number of hydrogen-bond donors (Lipinski definition) is 1. The Hall–Kier alpha value is -3.36. The number of rotatable bonds is 5. The molecule has 0 bridgehead atoms. The van der Waals surface area contributed by atoms with E-state index in [2.05, 4.69) is 43.9 Å². The number of nitrogens with two attached hydrogens (primary N) is 1. The summed E-state index contributed by atoms with van der Waals surface area (Å²) in [7, 11) is 2.13. The van der Waals surface area contributed by atoms with Crippen molar-refractivity contribution in [2.45, 2.75) is 19.4 Å². The van der Waals surface area contributed by atoms with Crippen molar-refractivity contribution in [1.29, 1.82) is 0 Å². The van der Waals surface area contributed by atoms with Crippen molar-refractivity contribution < 1.29 is 9.53 Å². The van der Waals surface area contributed by atoms with Crippen LogP contribution in [-0.4, -0.2) is 65.5 Å². The number of fused-ring (bicyclic) bond motifs is 1. The van der Waals surface area contributed by atoms with Gasteiger partial charge in [-0.05, 0) is 36.7 Å². The molecule has 0 saturated carbocycles. The standard InChI is InChI=1S/C25H28N6O2/c1-30-7-5-17-12-18(2-3-19(17)16-30)21-15-28-25(26)24(29-21)23(32)13-20-14-27-6-4-22(20)31-8-10-33-11-9-31/h2-4,6,12,14-15H,5,7-11,13,16H2,1H3,(H2,26,28). The van der Waals surface area contributed by atoms with Gasteiger partial charge in [0.05, 0.1) is 25.1 Å². The average molecular weight is 445 g/mol. The summed E-state index contributed by atoms with van der Waals surface area (Å²) in [6.45, 7) is 4.90. The lowest BCUT2D eigenvalue weighted by molar-refractivity contribution is 0.0988. The van der Waals surface area contributed by atoms with Crippen LogP contribution in [0.25, 0.3) is 11.3 Å². The molecule has 1 aromatic carbocycles. The number of anilines is 2. The quantitative estimate of drug-likeness (QED) is 0.599. The third-order valence-corrected chi connectivity index (χ3v) is 6.35. The van der Waals surface area contributed by atoms with E-state index in [9.17, 15) is 4.79 Å². The SMILES string of the molecule is CN1CCc2cc(-c3cnc(N)c(C(=O)Cc4cnccc4N4CCOCC4)n3)ccc2C1. The smallest absolute Gasteiger partial charge is 0.189 e. The van der Waals surface area contributed by atoms with Gasteiger partial charge in [0.1, 0.15) is 5.69 Å². The van der Waals surface area contributed by atoms with Gasteiger partial charge in [-0.15, -0.1) is 0 Å². The van der Waals surface area contributed by atoms with Crippen LogP contribution in [0.2, 0.25) is 0 Å². The summed E-state index contributed by atoms with van der Waals surface area (Å²) >= 11 is 0. The zero-order chi connectivity index (χ0) is 22.8. The first-order valence-corrected chi connectivity index (χ1v) is 11.3. The predicted octanol–water partition coefficient (Wildman–Crippen LogP) is 2.37. The first kappa shape index (κ1) is 21.5. The van der Waals surface area contributed by atoms with Crippen LogP contribution in [0, 0.1) is 0 Å². The number of carbonyl (C=O) groups is 1. The minimum Gasteiger partial charge on any atom is -0.382 e. The normalized spacial score (nSPS) is 16.5. The first-order chi connectivity index (χ1) is 16.1. The summed E-state index contributed by atoms with van der Waals surface area (Å²) in [5.41, 5.74) is 12.4. The van der Waals surface area contributed by atoms with Crippen LogP contribution in [0.15, 0.2) is 42.9 Å². The van der Waals surface area contributed by atoms with Gasteiger partial charge in [0.15, 0.2) is 11.6 Å².